The fourth-order valence-corrected chi connectivity index (χ4v) is 2.99. The van der Waals surface area contributed by atoms with Gasteiger partial charge in [0.1, 0.15) is 12.3 Å². The van der Waals surface area contributed by atoms with Gasteiger partial charge in [0.25, 0.3) is 0 Å². The Kier molecular flexibility index (Phi) is 6.67. The van der Waals surface area contributed by atoms with Crippen LogP contribution in [0.4, 0.5) is 16.2 Å². The Bertz CT molecular complexity index is 883. The summed E-state index contributed by atoms with van der Waals surface area (Å²) in [6.45, 7) is 0.745. The number of methoxy groups -OCH3 is 1. The van der Waals surface area contributed by atoms with Gasteiger partial charge in [0, 0.05) is 19.5 Å². The number of rotatable bonds is 7. The SMILES string of the molecule is COc1ccc(CNC(=O)CCCNC(=O)N2CC(=O)Nc3ccccc32)cc1. The van der Waals surface area contributed by atoms with Crippen LogP contribution in [0, 0.1) is 0 Å². The number of nitrogens with one attached hydrogen (secondary N) is 3. The van der Waals surface area contributed by atoms with Gasteiger partial charge in [0.15, 0.2) is 0 Å². The smallest absolute Gasteiger partial charge is 0.322 e. The second-order valence-electron chi connectivity index (χ2n) is 6.61. The first kappa shape index (κ1) is 20.2. The maximum absolute atomic E-state index is 12.4. The first-order valence-electron chi connectivity index (χ1n) is 9.40. The average Bonchev–Trinajstić information content (AvgIpc) is 2.74. The van der Waals surface area contributed by atoms with Crippen LogP contribution in [-0.2, 0) is 16.1 Å². The molecule has 1 aliphatic rings. The molecule has 0 radical (unpaired) electrons. The molecule has 0 aliphatic carbocycles. The molecule has 152 valence electrons. The highest BCUT2D eigenvalue weighted by Gasteiger charge is 2.26. The number of ether oxygens (including phenoxy) is 1. The predicted octanol–water partition coefficient (Wildman–Crippen LogP) is 2.26. The standard InChI is InChI=1S/C21H24N4O4/c1-29-16-10-8-15(9-11-16)13-23-19(26)7-4-12-22-21(28)25-14-20(27)24-17-5-2-3-6-18(17)25/h2-3,5-6,8-11H,4,7,12-14H2,1H3,(H,22,28)(H,23,26)(H,24,27). The van der Waals surface area contributed by atoms with E-state index in [-0.39, 0.29) is 24.4 Å². The van der Waals surface area contributed by atoms with Crippen LogP contribution < -0.4 is 25.6 Å². The molecule has 4 amide bonds. The average molecular weight is 396 g/mol. The van der Waals surface area contributed by atoms with Gasteiger partial charge in [-0.2, -0.15) is 0 Å². The van der Waals surface area contributed by atoms with Crippen LogP contribution in [-0.4, -0.2) is 38.0 Å². The van der Waals surface area contributed by atoms with Crippen LogP contribution in [0.2, 0.25) is 0 Å². The van der Waals surface area contributed by atoms with E-state index in [2.05, 4.69) is 16.0 Å². The quantitative estimate of drug-likeness (QED) is 0.625. The number of urea groups is 1. The minimum Gasteiger partial charge on any atom is -0.497 e. The highest BCUT2D eigenvalue weighted by molar-refractivity contribution is 6.09. The number of amides is 4. The van der Waals surface area contributed by atoms with Crippen molar-refractivity contribution in [3.8, 4) is 5.75 Å². The maximum atomic E-state index is 12.4. The normalized spacial score (nSPS) is 12.6. The van der Waals surface area contributed by atoms with Gasteiger partial charge in [-0.05, 0) is 36.2 Å². The molecule has 3 rings (SSSR count). The third-order valence-electron chi connectivity index (χ3n) is 4.52. The van der Waals surface area contributed by atoms with Crippen molar-refractivity contribution in [3.63, 3.8) is 0 Å². The van der Waals surface area contributed by atoms with Crippen LogP contribution >= 0.6 is 0 Å². The number of anilines is 2. The third kappa shape index (κ3) is 5.47. The Morgan fingerprint density at radius 1 is 1.10 bits per heavy atom. The van der Waals surface area contributed by atoms with E-state index in [4.69, 9.17) is 4.74 Å². The summed E-state index contributed by atoms with van der Waals surface area (Å²) in [6.07, 6.45) is 0.801. The van der Waals surface area contributed by atoms with Crippen LogP contribution in [0.15, 0.2) is 48.5 Å². The van der Waals surface area contributed by atoms with Gasteiger partial charge in [-0.15, -0.1) is 0 Å². The van der Waals surface area contributed by atoms with Gasteiger partial charge in [-0.1, -0.05) is 24.3 Å². The summed E-state index contributed by atoms with van der Waals surface area (Å²) in [4.78, 5) is 37.6. The van der Waals surface area contributed by atoms with E-state index in [0.29, 0.717) is 37.3 Å². The molecule has 2 aromatic rings. The van der Waals surface area contributed by atoms with Gasteiger partial charge in [0.05, 0.1) is 18.5 Å². The first-order valence-corrected chi connectivity index (χ1v) is 9.40. The lowest BCUT2D eigenvalue weighted by molar-refractivity contribution is -0.121. The Morgan fingerprint density at radius 2 is 1.86 bits per heavy atom. The number of carbonyl (C=O) groups excluding carboxylic acids is 3. The van der Waals surface area contributed by atoms with Gasteiger partial charge in [-0.25, -0.2) is 4.79 Å². The summed E-state index contributed by atoms with van der Waals surface area (Å²) >= 11 is 0. The van der Waals surface area contributed by atoms with Crippen molar-refractivity contribution in [1.82, 2.24) is 10.6 Å². The summed E-state index contributed by atoms with van der Waals surface area (Å²) in [6, 6.07) is 14.3. The fraction of sp³-hybridized carbons (Fsp3) is 0.286. The van der Waals surface area contributed by atoms with E-state index in [1.54, 1.807) is 25.3 Å². The van der Waals surface area contributed by atoms with E-state index < -0.39 is 0 Å². The molecule has 0 saturated carbocycles. The summed E-state index contributed by atoms with van der Waals surface area (Å²) in [5.41, 5.74) is 2.24. The van der Waals surface area contributed by atoms with E-state index in [0.717, 1.165) is 11.3 Å². The van der Waals surface area contributed by atoms with Gasteiger partial charge >= 0.3 is 6.03 Å². The number of nitrogens with zero attached hydrogens (tertiary/aromatic N) is 1. The van der Waals surface area contributed by atoms with E-state index >= 15 is 0 Å². The monoisotopic (exact) mass is 396 g/mol. The Morgan fingerprint density at radius 3 is 2.62 bits per heavy atom. The third-order valence-corrected chi connectivity index (χ3v) is 4.52. The second kappa shape index (κ2) is 9.59. The van der Waals surface area contributed by atoms with Crippen LogP contribution in [0.3, 0.4) is 0 Å². The van der Waals surface area contributed by atoms with Gasteiger partial charge in [0.2, 0.25) is 11.8 Å². The highest BCUT2D eigenvalue weighted by Crippen LogP contribution is 2.28. The van der Waals surface area contributed by atoms with Crippen molar-refractivity contribution in [1.29, 1.82) is 0 Å². The Labute approximate surface area is 169 Å². The van der Waals surface area contributed by atoms with Crippen LogP contribution in [0.5, 0.6) is 5.75 Å². The Hall–Kier alpha value is -3.55. The summed E-state index contributed by atoms with van der Waals surface area (Å²) < 4.78 is 5.10. The van der Waals surface area contributed by atoms with Crippen molar-refractivity contribution >= 4 is 29.2 Å². The zero-order valence-electron chi connectivity index (χ0n) is 16.2. The van der Waals surface area contributed by atoms with Gasteiger partial charge in [-0.3, -0.25) is 14.5 Å². The highest BCUT2D eigenvalue weighted by atomic mass is 16.5. The second-order valence-corrected chi connectivity index (χ2v) is 6.61. The predicted molar refractivity (Wildman–Crippen MR) is 110 cm³/mol. The van der Waals surface area contributed by atoms with Crippen LogP contribution in [0.25, 0.3) is 0 Å². The number of carbonyl (C=O) groups is 3. The van der Waals surface area contributed by atoms with Crippen LogP contribution in [0.1, 0.15) is 18.4 Å². The molecule has 0 unspecified atom stereocenters. The number of para-hydroxylation sites is 2. The molecule has 8 heteroatoms. The molecular formula is C21H24N4O4. The largest absolute Gasteiger partial charge is 0.497 e. The number of hydrogen-bond acceptors (Lipinski definition) is 4. The topological polar surface area (TPSA) is 99.8 Å². The van der Waals surface area contributed by atoms with E-state index in [1.807, 2.05) is 30.3 Å². The molecule has 0 saturated heterocycles. The zero-order valence-corrected chi connectivity index (χ0v) is 16.2. The minimum absolute atomic E-state index is 0.0365. The van der Waals surface area contributed by atoms with Crippen molar-refractivity contribution in [3.05, 3.63) is 54.1 Å². The van der Waals surface area contributed by atoms with Crippen molar-refractivity contribution in [2.45, 2.75) is 19.4 Å². The molecule has 2 aromatic carbocycles. The fourth-order valence-electron chi connectivity index (χ4n) is 2.99. The Balaban J connectivity index is 1.39. The van der Waals surface area contributed by atoms with Crippen molar-refractivity contribution in [2.24, 2.45) is 0 Å². The van der Waals surface area contributed by atoms with E-state index in [9.17, 15) is 14.4 Å². The zero-order chi connectivity index (χ0) is 20.6. The molecule has 0 bridgehead atoms. The van der Waals surface area contributed by atoms with Gasteiger partial charge < -0.3 is 20.7 Å². The molecule has 8 nitrogen and oxygen atoms in total. The molecule has 0 aromatic heterocycles. The van der Waals surface area contributed by atoms with Crippen molar-refractivity contribution < 1.29 is 19.1 Å². The maximum Gasteiger partial charge on any atom is 0.322 e. The molecule has 0 atom stereocenters. The summed E-state index contributed by atoms with van der Waals surface area (Å²) in [7, 11) is 1.61. The molecule has 0 fully saturated rings. The number of fused-ring (bicyclic) bond motifs is 1. The molecule has 29 heavy (non-hydrogen) atoms. The summed E-state index contributed by atoms with van der Waals surface area (Å²) in [5, 5.41) is 8.36. The lowest BCUT2D eigenvalue weighted by Gasteiger charge is -2.29. The number of hydrogen-bond donors (Lipinski definition) is 3. The molecule has 1 aliphatic heterocycles. The van der Waals surface area contributed by atoms with Crippen molar-refractivity contribution in [2.75, 3.05) is 30.4 Å². The lowest BCUT2D eigenvalue weighted by Crippen LogP contribution is -2.47. The summed E-state index contributed by atoms with van der Waals surface area (Å²) in [5.74, 6) is 0.444. The molecule has 3 N–H and O–H groups in total. The number of benzene rings is 2. The van der Waals surface area contributed by atoms with E-state index in [1.165, 1.54) is 4.90 Å². The molecule has 1 heterocycles. The molecule has 0 spiro atoms. The molecular weight excluding hydrogens is 372 g/mol. The lowest BCUT2D eigenvalue weighted by atomic mass is 10.2. The minimum atomic E-state index is -0.356. The first-order chi connectivity index (χ1) is 14.1.